The van der Waals surface area contributed by atoms with E-state index in [4.69, 9.17) is 4.74 Å². The third-order valence-electron chi connectivity index (χ3n) is 6.11. The zero-order valence-electron chi connectivity index (χ0n) is 17.5. The maximum Gasteiger partial charge on any atom is 0.141 e. The van der Waals surface area contributed by atoms with Gasteiger partial charge in [0.1, 0.15) is 17.1 Å². The minimum Gasteiger partial charge on any atom is -0.497 e. The summed E-state index contributed by atoms with van der Waals surface area (Å²) in [5.41, 5.74) is 2.59. The Morgan fingerprint density at radius 3 is 2.63 bits per heavy atom. The van der Waals surface area contributed by atoms with Crippen molar-refractivity contribution in [2.45, 2.75) is 18.9 Å². The normalized spacial score (nSPS) is 17.6. The summed E-state index contributed by atoms with van der Waals surface area (Å²) in [6, 6.07) is 13.5. The van der Waals surface area contributed by atoms with E-state index in [0.29, 0.717) is 0 Å². The van der Waals surface area contributed by atoms with E-state index in [-0.39, 0.29) is 5.82 Å². The topological polar surface area (TPSA) is 57.3 Å². The Morgan fingerprint density at radius 2 is 1.97 bits per heavy atom. The minimum absolute atomic E-state index is 0.326. The molecule has 0 amide bonds. The molecule has 0 saturated carbocycles. The number of hydrogen-bond acceptors (Lipinski definition) is 5. The molecule has 6 nitrogen and oxygen atoms in total. The van der Waals surface area contributed by atoms with Crippen LogP contribution >= 0.6 is 0 Å². The Balaban J connectivity index is 1.43. The van der Waals surface area contributed by atoms with Gasteiger partial charge in [0.2, 0.25) is 0 Å². The predicted molar refractivity (Wildman–Crippen MR) is 114 cm³/mol. The molecule has 1 fully saturated rings. The average molecular weight is 410 g/mol. The Hall–Kier alpha value is -2.77. The molecule has 4 rings (SSSR count). The lowest BCUT2D eigenvalue weighted by Gasteiger charge is -2.45. The summed E-state index contributed by atoms with van der Waals surface area (Å²) in [5.74, 6) is 0.576. The summed E-state index contributed by atoms with van der Waals surface area (Å²) >= 11 is 0. The second-order valence-electron chi connectivity index (χ2n) is 7.83. The zero-order chi connectivity index (χ0) is 21.0. The Morgan fingerprint density at radius 1 is 1.13 bits per heavy atom. The molecular weight excluding hydrogens is 381 g/mol. The molecule has 1 aromatic carbocycles. The summed E-state index contributed by atoms with van der Waals surface area (Å²) in [4.78, 5) is 9.30. The number of hydrogen-bond donors (Lipinski definition) is 1. The summed E-state index contributed by atoms with van der Waals surface area (Å²) < 4.78 is 18.8. The first-order valence-corrected chi connectivity index (χ1v) is 10.3. The van der Waals surface area contributed by atoms with Gasteiger partial charge in [0.25, 0.3) is 0 Å². The van der Waals surface area contributed by atoms with Crippen LogP contribution < -0.4 is 4.74 Å². The smallest absolute Gasteiger partial charge is 0.141 e. The van der Waals surface area contributed by atoms with Gasteiger partial charge >= 0.3 is 0 Å². The molecule has 1 unspecified atom stereocenters. The van der Waals surface area contributed by atoms with Crippen LogP contribution in [0, 0.1) is 5.82 Å². The molecule has 0 aliphatic carbocycles. The van der Waals surface area contributed by atoms with Crippen molar-refractivity contribution in [2.75, 3.05) is 39.8 Å². The van der Waals surface area contributed by atoms with Crippen LogP contribution in [0.4, 0.5) is 4.39 Å². The highest BCUT2D eigenvalue weighted by molar-refractivity contribution is 5.30. The number of aromatic nitrogens is 3. The van der Waals surface area contributed by atoms with Gasteiger partial charge < -0.3 is 9.64 Å². The van der Waals surface area contributed by atoms with E-state index in [1.54, 1.807) is 19.4 Å². The van der Waals surface area contributed by atoms with E-state index in [2.05, 4.69) is 44.0 Å². The van der Waals surface area contributed by atoms with Crippen molar-refractivity contribution in [3.8, 4) is 5.75 Å². The monoisotopic (exact) mass is 409 g/mol. The lowest BCUT2D eigenvalue weighted by molar-refractivity contribution is 0.0583. The van der Waals surface area contributed by atoms with Gasteiger partial charge in [0, 0.05) is 38.9 Å². The van der Waals surface area contributed by atoms with Crippen LogP contribution in [-0.2, 0) is 12.0 Å². The van der Waals surface area contributed by atoms with Gasteiger partial charge in [-0.15, -0.1) is 0 Å². The van der Waals surface area contributed by atoms with Gasteiger partial charge in [0.15, 0.2) is 0 Å². The summed E-state index contributed by atoms with van der Waals surface area (Å²) in [6.07, 6.45) is 4.03. The molecule has 3 heterocycles. The number of H-pyrrole nitrogens is 1. The highest BCUT2D eigenvalue weighted by Gasteiger charge is 2.39. The number of nitrogens with one attached hydrogen (secondary N) is 1. The van der Waals surface area contributed by atoms with Crippen LogP contribution in [0.5, 0.6) is 5.75 Å². The SMILES string of the molecule is COc1cccc(CCN2CCN(C(C)(c3ccc(F)cn3)c3ccn[nH]3)CC2)c1. The lowest BCUT2D eigenvalue weighted by atomic mass is 9.89. The maximum absolute atomic E-state index is 13.5. The van der Waals surface area contributed by atoms with Gasteiger partial charge in [-0.25, -0.2) is 4.39 Å². The van der Waals surface area contributed by atoms with Gasteiger partial charge in [-0.1, -0.05) is 12.1 Å². The standard InChI is InChI=1S/C23H28FN5O/c1-23(22-8-10-26-27-22,21-7-6-19(24)17-25-21)29-14-12-28(13-15-29)11-9-18-4-3-5-20(16-18)30-2/h3-8,10,16-17H,9,11-15H2,1-2H3,(H,26,27). The van der Waals surface area contributed by atoms with Gasteiger partial charge in [-0.2, -0.15) is 5.10 Å². The molecule has 1 aliphatic rings. The number of benzene rings is 1. The summed E-state index contributed by atoms with van der Waals surface area (Å²) in [6.45, 7) is 6.87. The van der Waals surface area contributed by atoms with Crippen LogP contribution in [0.3, 0.4) is 0 Å². The number of aromatic amines is 1. The molecule has 0 spiro atoms. The molecule has 158 valence electrons. The number of ether oxygens (including phenoxy) is 1. The Bertz CT molecular complexity index is 938. The Kier molecular flexibility index (Phi) is 6.11. The molecule has 0 bridgehead atoms. The summed E-state index contributed by atoms with van der Waals surface area (Å²) in [7, 11) is 1.70. The number of piperazine rings is 1. The average Bonchev–Trinajstić information content (AvgIpc) is 3.34. The second-order valence-corrected chi connectivity index (χ2v) is 7.83. The first-order valence-electron chi connectivity index (χ1n) is 10.3. The number of methoxy groups -OCH3 is 1. The zero-order valence-corrected chi connectivity index (χ0v) is 17.5. The molecule has 1 aliphatic heterocycles. The predicted octanol–water partition coefficient (Wildman–Crippen LogP) is 3.08. The van der Waals surface area contributed by atoms with E-state index in [1.165, 1.54) is 17.8 Å². The maximum atomic E-state index is 13.5. The number of pyridine rings is 1. The molecule has 1 saturated heterocycles. The first-order chi connectivity index (χ1) is 14.6. The molecule has 1 N–H and O–H groups in total. The lowest BCUT2D eigenvalue weighted by Crippen LogP contribution is -2.55. The van der Waals surface area contributed by atoms with Gasteiger partial charge in [-0.05, 0) is 49.2 Å². The molecule has 0 radical (unpaired) electrons. The molecule has 7 heteroatoms. The molecule has 3 aromatic rings. The van der Waals surface area contributed by atoms with Crippen LogP contribution in [0.15, 0.2) is 54.9 Å². The fraction of sp³-hybridized carbons (Fsp3) is 0.391. The molecule has 30 heavy (non-hydrogen) atoms. The van der Waals surface area contributed by atoms with E-state index in [1.807, 2.05) is 18.2 Å². The van der Waals surface area contributed by atoms with Crippen molar-refractivity contribution in [3.05, 3.63) is 77.6 Å². The van der Waals surface area contributed by atoms with E-state index in [9.17, 15) is 4.39 Å². The Labute approximate surface area is 176 Å². The number of rotatable bonds is 7. The number of nitrogens with zero attached hydrogens (tertiary/aromatic N) is 4. The fourth-order valence-corrected chi connectivity index (χ4v) is 4.19. The van der Waals surface area contributed by atoms with Crippen LogP contribution in [0.2, 0.25) is 0 Å². The quantitative estimate of drug-likeness (QED) is 0.650. The highest BCUT2D eigenvalue weighted by atomic mass is 19.1. The number of halogens is 1. The van der Waals surface area contributed by atoms with Crippen LogP contribution in [0.1, 0.15) is 23.9 Å². The first kappa shape index (κ1) is 20.5. The fourth-order valence-electron chi connectivity index (χ4n) is 4.19. The third kappa shape index (κ3) is 4.22. The van der Waals surface area contributed by atoms with Crippen molar-refractivity contribution in [1.82, 2.24) is 25.0 Å². The van der Waals surface area contributed by atoms with Gasteiger partial charge in [-0.3, -0.25) is 15.0 Å². The minimum atomic E-state index is -0.483. The van der Waals surface area contributed by atoms with Crippen LogP contribution in [-0.4, -0.2) is 64.8 Å². The van der Waals surface area contributed by atoms with Crippen molar-refractivity contribution >= 4 is 0 Å². The molecule has 2 aromatic heterocycles. The van der Waals surface area contributed by atoms with Crippen molar-refractivity contribution in [2.24, 2.45) is 0 Å². The van der Waals surface area contributed by atoms with E-state index >= 15 is 0 Å². The third-order valence-corrected chi connectivity index (χ3v) is 6.11. The van der Waals surface area contributed by atoms with Gasteiger partial charge in [0.05, 0.1) is 24.7 Å². The van der Waals surface area contributed by atoms with E-state index in [0.717, 1.165) is 56.3 Å². The largest absolute Gasteiger partial charge is 0.497 e. The van der Waals surface area contributed by atoms with Crippen molar-refractivity contribution < 1.29 is 9.13 Å². The molecular formula is C23H28FN5O. The summed E-state index contributed by atoms with van der Waals surface area (Å²) in [5, 5.41) is 7.25. The van der Waals surface area contributed by atoms with E-state index < -0.39 is 5.54 Å². The van der Waals surface area contributed by atoms with Crippen molar-refractivity contribution in [1.29, 1.82) is 0 Å². The molecule has 1 atom stereocenters. The highest BCUT2D eigenvalue weighted by Crippen LogP contribution is 2.34. The van der Waals surface area contributed by atoms with Crippen LogP contribution in [0.25, 0.3) is 0 Å². The second kappa shape index (κ2) is 8.93. The van der Waals surface area contributed by atoms with Crippen molar-refractivity contribution in [3.63, 3.8) is 0 Å².